The highest BCUT2D eigenvalue weighted by Gasteiger charge is 2.03. The topological polar surface area (TPSA) is 29.9 Å². The first-order valence-electron chi connectivity index (χ1n) is 5.39. The Bertz CT molecular complexity index is 510. The van der Waals surface area contributed by atoms with Crippen LogP contribution in [0, 0.1) is 5.82 Å². The van der Waals surface area contributed by atoms with Crippen LogP contribution in [0.5, 0.6) is 0 Å². The van der Waals surface area contributed by atoms with Crippen LogP contribution in [0.15, 0.2) is 30.6 Å². The average molecular weight is 254 g/mol. The molecule has 5 heteroatoms. The Morgan fingerprint density at radius 1 is 1.47 bits per heavy atom. The number of nitrogens with zero attached hydrogens (tertiary/aromatic N) is 2. The summed E-state index contributed by atoms with van der Waals surface area (Å²) in [6, 6.07) is 4.25. The van der Waals surface area contributed by atoms with Crippen LogP contribution in [0.25, 0.3) is 0 Å². The molecule has 0 saturated carbocycles. The van der Waals surface area contributed by atoms with E-state index in [2.05, 4.69) is 10.4 Å². The summed E-state index contributed by atoms with van der Waals surface area (Å²) in [5.41, 5.74) is 1.63. The third-order valence-corrected chi connectivity index (χ3v) is 2.75. The van der Waals surface area contributed by atoms with Crippen LogP contribution in [-0.2, 0) is 13.1 Å². The molecule has 0 atom stereocenters. The number of aromatic nitrogens is 2. The lowest BCUT2D eigenvalue weighted by Gasteiger charge is -2.06. The van der Waals surface area contributed by atoms with E-state index >= 15 is 0 Å². The van der Waals surface area contributed by atoms with Gasteiger partial charge in [0, 0.05) is 24.8 Å². The molecule has 0 aliphatic rings. The number of anilines is 1. The maximum absolute atomic E-state index is 13.0. The molecule has 0 unspecified atom stereocenters. The van der Waals surface area contributed by atoms with Crippen LogP contribution in [0.2, 0.25) is 5.02 Å². The summed E-state index contributed by atoms with van der Waals surface area (Å²) < 4.78 is 14.9. The highest BCUT2D eigenvalue weighted by atomic mass is 35.5. The van der Waals surface area contributed by atoms with Gasteiger partial charge in [-0.3, -0.25) is 4.68 Å². The summed E-state index contributed by atoms with van der Waals surface area (Å²) in [7, 11) is 0. The molecule has 0 saturated heterocycles. The quantitative estimate of drug-likeness (QED) is 0.906. The van der Waals surface area contributed by atoms with Crippen molar-refractivity contribution in [3.8, 4) is 0 Å². The van der Waals surface area contributed by atoms with Gasteiger partial charge in [-0.15, -0.1) is 0 Å². The fraction of sp³-hybridized carbons (Fsp3) is 0.250. The Labute approximate surface area is 104 Å². The summed E-state index contributed by atoms with van der Waals surface area (Å²) in [6.07, 6.45) is 3.73. The number of nitrogens with one attached hydrogen (secondary N) is 1. The van der Waals surface area contributed by atoms with E-state index in [1.807, 2.05) is 17.8 Å². The van der Waals surface area contributed by atoms with E-state index in [0.29, 0.717) is 17.3 Å². The van der Waals surface area contributed by atoms with Crippen molar-refractivity contribution in [2.24, 2.45) is 0 Å². The van der Waals surface area contributed by atoms with Gasteiger partial charge >= 0.3 is 0 Å². The normalized spacial score (nSPS) is 10.5. The summed E-state index contributed by atoms with van der Waals surface area (Å²) in [4.78, 5) is 0. The zero-order chi connectivity index (χ0) is 12.3. The fourth-order valence-electron chi connectivity index (χ4n) is 1.50. The van der Waals surface area contributed by atoms with Gasteiger partial charge in [-0.05, 0) is 25.1 Å². The molecule has 0 amide bonds. The first kappa shape index (κ1) is 11.9. The van der Waals surface area contributed by atoms with Crippen LogP contribution in [-0.4, -0.2) is 9.78 Å². The van der Waals surface area contributed by atoms with Crippen LogP contribution < -0.4 is 5.32 Å². The highest BCUT2D eigenvalue weighted by molar-refractivity contribution is 6.33. The zero-order valence-electron chi connectivity index (χ0n) is 9.45. The lowest BCUT2D eigenvalue weighted by molar-refractivity contribution is 0.628. The molecule has 2 aromatic rings. The standard InChI is InChI=1S/C12H13ClFN3/c1-2-17-8-9(7-16-17)6-15-12-5-10(14)3-4-11(12)13/h3-5,7-8,15H,2,6H2,1H3. The van der Waals surface area contributed by atoms with Crippen molar-refractivity contribution in [3.05, 3.63) is 47.0 Å². The molecule has 1 heterocycles. The first-order valence-corrected chi connectivity index (χ1v) is 5.77. The van der Waals surface area contributed by atoms with E-state index in [-0.39, 0.29) is 5.82 Å². The SMILES string of the molecule is CCn1cc(CNc2cc(F)ccc2Cl)cn1. The Balaban J connectivity index is 2.04. The molecule has 2 rings (SSSR count). The number of halogens is 2. The Morgan fingerprint density at radius 2 is 2.29 bits per heavy atom. The van der Waals surface area contributed by atoms with Gasteiger partial charge in [-0.2, -0.15) is 5.10 Å². The van der Waals surface area contributed by atoms with Gasteiger partial charge in [0.2, 0.25) is 0 Å². The predicted octanol–water partition coefficient (Wildman–Crippen LogP) is 3.31. The lowest BCUT2D eigenvalue weighted by Crippen LogP contribution is -1.99. The van der Waals surface area contributed by atoms with E-state index in [1.165, 1.54) is 18.2 Å². The molecule has 1 N–H and O–H groups in total. The van der Waals surface area contributed by atoms with Crippen molar-refractivity contribution in [1.29, 1.82) is 0 Å². The minimum Gasteiger partial charge on any atom is -0.380 e. The number of hydrogen-bond acceptors (Lipinski definition) is 2. The van der Waals surface area contributed by atoms with Crippen molar-refractivity contribution < 1.29 is 4.39 Å². The third-order valence-electron chi connectivity index (χ3n) is 2.42. The summed E-state index contributed by atoms with van der Waals surface area (Å²) >= 11 is 5.94. The van der Waals surface area contributed by atoms with Gasteiger partial charge in [0.15, 0.2) is 0 Å². The van der Waals surface area contributed by atoms with E-state index in [9.17, 15) is 4.39 Å². The second kappa shape index (κ2) is 5.19. The molecule has 0 aliphatic carbocycles. The zero-order valence-corrected chi connectivity index (χ0v) is 10.2. The monoisotopic (exact) mass is 253 g/mol. The molecule has 0 fully saturated rings. The Kier molecular flexibility index (Phi) is 3.64. The average Bonchev–Trinajstić information content (AvgIpc) is 2.78. The van der Waals surface area contributed by atoms with Crippen molar-refractivity contribution in [2.75, 3.05) is 5.32 Å². The second-order valence-corrected chi connectivity index (χ2v) is 4.09. The molecule has 17 heavy (non-hydrogen) atoms. The molecule has 3 nitrogen and oxygen atoms in total. The molecular weight excluding hydrogens is 241 g/mol. The highest BCUT2D eigenvalue weighted by Crippen LogP contribution is 2.22. The number of rotatable bonds is 4. The summed E-state index contributed by atoms with van der Waals surface area (Å²) in [6.45, 7) is 3.43. The fourth-order valence-corrected chi connectivity index (χ4v) is 1.69. The molecule has 0 aliphatic heterocycles. The summed E-state index contributed by atoms with van der Waals surface area (Å²) in [5.74, 6) is -0.304. The van der Waals surface area contributed by atoms with Gasteiger partial charge in [0.25, 0.3) is 0 Å². The molecule has 0 radical (unpaired) electrons. The minimum atomic E-state index is -0.304. The van der Waals surface area contributed by atoms with Gasteiger partial charge in [0.1, 0.15) is 5.82 Å². The minimum absolute atomic E-state index is 0.304. The van der Waals surface area contributed by atoms with E-state index in [4.69, 9.17) is 11.6 Å². The van der Waals surface area contributed by atoms with Crippen LogP contribution in [0.1, 0.15) is 12.5 Å². The van der Waals surface area contributed by atoms with Crippen molar-refractivity contribution in [2.45, 2.75) is 20.0 Å². The lowest BCUT2D eigenvalue weighted by atomic mass is 10.3. The summed E-state index contributed by atoms with van der Waals surface area (Å²) in [5, 5.41) is 7.75. The van der Waals surface area contributed by atoms with Gasteiger partial charge < -0.3 is 5.32 Å². The van der Waals surface area contributed by atoms with Crippen molar-refractivity contribution in [1.82, 2.24) is 9.78 Å². The van der Waals surface area contributed by atoms with Crippen LogP contribution in [0.3, 0.4) is 0 Å². The largest absolute Gasteiger partial charge is 0.380 e. The Morgan fingerprint density at radius 3 is 3.00 bits per heavy atom. The predicted molar refractivity (Wildman–Crippen MR) is 66.6 cm³/mol. The van der Waals surface area contributed by atoms with E-state index in [0.717, 1.165) is 12.1 Å². The maximum Gasteiger partial charge on any atom is 0.125 e. The maximum atomic E-state index is 13.0. The van der Waals surface area contributed by atoms with Crippen molar-refractivity contribution >= 4 is 17.3 Å². The Hall–Kier alpha value is -1.55. The molecule has 0 spiro atoms. The number of aryl methyl sites for hydroxylation is 1. The number of benzene rings is 1. The van der Waals surface area contributed by atoms with Gasteiger partial charge in [-0.25, -0.2) is 4.39 Å². The molecule has 0 bridgehead atoms. The molecule has 1 aromatic carbocycles. The van der Waals surface area contributed by atoms with Crippen molar-refractivity contribution in [3.63, 3.8) is 0 Å². The van der Waals surface area contributed by atoms with Crippen LogP contribution in [0.4, 0.5) is 10.1 Å². The van der Waals surface area contributed by atoms with E-state index in [1.54, 1.807) is 6.20 Å². The molecule has 90 valence electrons. The van der Waals surface area contributed by atoms with Gasteiger partial charge in [-0.1, -0.05) is 11.6 Å². The molecule has 1 aromatic heterocycles. The number of hydrogen-bond donors (Lipinski definition) is 1. The van der Waals surface area contributed by atoms with Gasteiger partial charge in [0.05, 0.1) is 16.9 Å². The second-order valence-electron chi connectivity index (χ2n) is 3.68. The first-order chi connectivity index (χ1) is 8.19. The van der Waals surface area contributed by atoms with E-state index < -0.39 is 0 Å². The molecular formula is C12H13ClFN3. The third kappa shape index (κ3) is 2.97. The smallest absolute Gasteiger partial charge is 0.125 e. The van der Waals surface area contributed by atoms with Crippen LogP contribution >= 0.6 is 11.6 Å².